The van der Waals surface area contributed by atoms with Gasteiger partial charge in [0, 0.05) is 43.0 Å². The molecule has 2 heterocycles. The monoisotopic (exact) mass is 518 g/mol. The van der Waals surface area contributed by atoms with Crippen LogP contribution in [-0.4, -0.2) is 65.6 Å². The highest BCUT2D eigenvalue weighted by molar-refractivity contribution is 7.98. The smallest absolute Gasteiger partial charge is 0.302 e. The lowest BCUT2D eigenvalue weighted by Crippen LogP contribution is -2.56. The lowest BCUT2D eigenvalue weighted by atomic mass is 10.2. The second-order valence-corrected chi connectivity index (χ2v) is 11.1. The Morgan fingerprint density at radius 3 is 2.64 bits per heavy atom. The minimum atomic E-state index is -3.86. The highest BCUT2D eigenvalue weighted by atomic mass is 35.5. The molecular formula is C20H28ClFN6O3S2. The zero-order valence-corrected chi connectivity index (χ0v) is 20.9. The van der Waals surface area contributed by atoms with Crippen LogP contribution in [0.3, 0.4) is 0 Å². The van der Waals surface area contributed by atoms with E-state index >= 15 is 0 Å². The lowest BCUT2D eigenvalue weighted by Gasteiger charge is -2.35. The Balaban J connectivity index is 1.84. The summed E-state index contributed by atoms with van der Waals surface area (Å²) in [6, 6.07) is 5.89. The molecule has 2 aromatic rings. The third-order valence-corrected chi connectivity index (χ3v) is 7.49. The van der Waals surface area contributed by atoms with Gasteiger partial charge in [-0.05, 0) is 32.4 Å². The number of benzene rings is 1. The second-order valence-electron chi connectivity index (χ2n) is 8.04. The number of thioether (sulfide) groups is 1. The molecule has 9 nitrogen and oxygen atoms in total. The van der Waals surface area contributed by atoms with Crippen LogP contribution in [0.4, 0.5) is 16.0 Å². The summed E-state index contributed by atoms with van der Waals surface area (Å²) in [6.07, 6.45) is 0. The van der Waals surface area contributed by atoms with E-state index in [4.69, 9.17) is 11.6 Å². The molecule has 0 spiro atoms. The summed E-state index contributed by atoms with van der Waals surface area (Å²) in [5.74, 6) is 0.0911. The third kappa shape index (κ3) is 7.14. The molecule has 1 aliphatic heterocycles. The summed E-state index contributed by atoms with van der Waals surface area (Å²) in [4.78, 5) is 8.68. The molecule has 3 atom stereocenters. The first-order chi connectivity index (χ1) is 15.6. The van der Waals surface area contributed by atoms with Crippen molar-refractivity contribution >= 4 is 45.2 Å². The Morgan fingerprint density at radius 2 is 1.97 bits per heavy atom. The van der Waals surface area contributed by atoms with Gasteiger partial charge >= 0.3 is 10.2 Å². The number of hydrogen-bond donors (Lipinski definition) is 4. The van der Waals surface area contributed by atoms with Crippen molar-refractivity contribution in [1.29, 1.82) is 0 Å². The molecule has 0 radical (unpaired) electrons. The largest absolute Gasteiger partial charge is 0.394 e. The standard InChI is InChI=1S/C20H28ClFN6O3S2/c1-12-8-28(9-13(2)23-12)33(30,31)27-18-7-17(24-14(3)10-29)25-20(26-18)32-11-15-5-4-6-16(21)19(15)22/h4-7,12-14,23,29H,8-11H2,1-3H3,(H2,24,25,26,27)/t12?,13?,14-/m1/s1. The van der Waals surface area contributed by atoms with Gasteiger partial charge in [0.2, 0.25) is 0 Å². The zero-order valence-electron chi connectivity index (χ0n) is 18.5. The van der Waals surface area contributed by atoms with E-state index in [1.54, 1.807) is 19.1 Å². The number of nitrogens with one attached hydrogen (secondary N) is 3. The number of aliphatic hydroxyl groups excluding tert-OH is 1. The van der Waals surface area contributed by atoms with E-state index in [1.165, 1.54) is 16.4 Å². The summed E-state index contributed by atoms with van der Waals surface area (Å²) in [5.41, 5.74) is 0.379. The predicted molar refractivity (Wildman–Crippen MR) is 129 cm³/mol. The van der Waals surface area contributed by atoms with Gasteiger partial charge in [0.1, 0.15) is 17.5 Å². The molecule has 1 aliphatic rings. The maximum absolute atomic E-state index is 14.2. The van der Waals surface area contributed by atoms with Crippen molar-refractivity contribution in [2.24, 2.45) is 0 Å². The molecule has 2 unspecified atom stereocenters. The van der Waals surface area contributed by atoms with Gasteiger partial charge in [-0.25, -0.2) is 14.4 Å². The number of anilines is 2. The molecule has 33 heavy (non-hydrogen) atoms. The first-order valence-electron chi connectivity index (χ1n) is 10.4. The van der Waals surface area contributed by atoms with Crippen LogP contribution >= 0.6 is 23.4 Å². The number of nitrogens with zero attached hydrogens (tertiary/aromatic N) is 3. The Bertz CT molecular complexity index is 1070. The maximum Gasteiger partial charge on any atom is 0.302 e. The van der Waals surface area contributed by atoms with Crippen molar-refractivity contribution in [3.8, 4) is 0 Å². The van der Waals surface area contributed by atoms with Crippen molar-refractivity contribution < 1.29 is 17.9 Å². The van der Waals surface area contributed by atoms with Crippen LogP contribution < -0.4 is 15.4 Å². The van der Waals surface area contributed by atoms with Crippen LogP contribution in [0.25, 0.3) is 0 Å². The number of aromatic nitrogens is 2. The van der Waals surface area contributed by atoms with Gasteiger partial charge in [0.25, 0.3) is 0 Å². The van der Waals surface area contributed by atoms with Gasteiger partial charge in [0.15, 0.2) is 5.16 Å². The van der Waals surface area contributed by atoms with Crippen molar-refractivity contribution in [2.45, 2.75) is 49.8 Å². The Morgan fingerprint density at radius 1 is 1.30 bits per heavy atom. The van der Waals surface area contributed by atoms with Crippen LogP contribution in [0.5, 0.6) is 0 Å². The van der Waals surface area contributed by atoms with E-state index in [2.05, 4.69) is 25.3 Å². The summed E-state index contributed by atoms with van der Waals surface area (Å²) >= 11 is 6.99. The molecule has 13 heteroatoms. The molecule has 1 aromatic carbocycles. The Kier molecular flexibility index (Phi) is 8.76. The molecular weight excluding hydrogens is 491 g/mol. The molecule has 0 aliphatic carbocycles. The van der Waals surface area contributed by atoms with E-state index in [9.17, 15) is 17.9 Å². The van der Waals surface area contributed by atoms with Gasteiger partial charge in [0.05, 0.1) is 11.6 Å². The van der Waals surface area contributed by atoms with Crippen LogP contribution in [0.2, 0.25) is 5.02 Å². The number of aliphatic hydroxyl groups is 1. The highest BCUT2D eigenvalue weighted by Crippen LogP contribution is 2.27. The fourth-order valence-corrected chi connectivity index (χ4v) is 5.75. The minimum absolute atomic E-state index is 0.0112. The summed E-state index contributed by atoms with van der Waals surface area (Å²) in [7, 11) is -3.86. The lowest BCUT2D eigenvalue weighted by molar-refractivity contribution is 0.264. The molecule has 0 bridgehead atoms. The molecule has 0 saturated carbocycles. The van der Waals surface area contributed by atoms with Crippen LogP contribution in [-0.2, 0) is 16.0 Å². The van der Waals surface area contributed by atoms with E-state index in [0.717, 1.165) is 11.8 Å². The summed E-state index contributed by atoms with van der Waals surface area (Å²) < 4.78 is 44.2. The van der Waals surface area contributed by atoms with E-state index in [-0.39, 0.29) is 46.5 Å². The minimum Gasteiger partial charge on any atom is -0.394 e. The molecule has 182 valence electrons. The number of piperazine rings is 1. The molecule has 1 saturated heterocycles. The molecule has 1 fully saturated rings. The van der Waals surface area contributed by atoms with Gasteiger partial charge in [-0.1, -0.05) is 35.5 Å². The first kappa shape index (κ1) is 25.9. The quantitative estimate of drug-likeness (QED) is 0.295. The normalized spacial score (nSPS) is 20.4. The van der Waals surface area contributed by atoms with Gasteiger partial charge < -0.3 is 15.7 Å². The van der Waals surface area contributed by atoms with Gasteiger partial charge in [-0.2, -0.15) is 12.7 Å². The fraction of sp³-hybridized carbons (Fsp3) is 0.500. The number of halogens is 2. The van der Waals surface area contributed by atoms with Gasteiger partial charge in [-0.3, -0.25) is 4.72 Å². The molecule has 3 rings (SSSR count). The van der Waals surface area contributed by atoms with Crippen molar-refractivity contribution in [3.63, 3.8) is 0 Å². The second kappa shape index (κ2) is 11.2. The van der Waals surface area contributed by atoms with E-state index in [0.29, 0.717) is 24.5 Å². The molecule has 4 N–H and O–H groups in total. The Labute approximate surface area is 202 Å². The van der Waals surface area contributed by atoms with Crippen molar-refractivity contribution in [1.82, 2.24) is 19.6 Å². The van der Waals surface area contributed by atoms with Crippen molar-refractivity contribution in [2.75, 3.05) is 29.7 Å². The summed E-state index contributed by atoms with van der Waals surface area (Å²) in [6.45, 7) is 6.11. The Hall–Kier alpha value is -1.70. The number of hydrogen-bond acceptors (Lipinski definition) is 8. The molecule has 1 aromatic heterocycles. The average Bonchev–Trinajstić information content (AvgIpc) is 2.73. The first-order valence-corrected chi connectivity index (χ1v) is 13.2. The van der Waals surface area contributed by atoms with Crippen LogP contribution in [0.1, 0.15) is 26.3 Å². The average molecular weight is 519 g/mol. The van der Waals surface area contributed by atoms with E-state index in [1.807, 2.05) is 13.8 Å². The number of rotatable bonds is 9. The third-order valence-electron chi connectivity index (χ3n) is 4.86. The van der Waals surface area contributed by atoms with Gasteiger partial charge in [-0.15, -0.1) is 0 Å². The summed E-state index contributed by atoms with van der Waals surface area (Å²) in [5, 5.41) is 15.9. The van der Waals surface area contributed by atoms with Crippen molar-refractivity contribution in [3.05, 3.63) is 40.7 Å². The maximum atomic E-state index is 14.2. The SMILES string of the molecule is CC1CN(S(=O)(=O)Nc2cc(N[C@H](C)CO)nc(SCc3cccc(Cl)c3F)n2)CC(C)N1. The van der Waals surface area contributed by atoms with E-state index < -0.39 is 16.0 Å². The van der Waals surface area contributed by atoms with Crippen LogP contribution in [0.15, 0.2) is 29.4 Å². The molecule has 0 amide bonds. The van der Waals surface area contributed by atoms with Crippen LogP contribution in [0, 0.1) is 5.82 Å². The highest BCUT2D eigenvalue weighted by Gasteiger charge is 2.30. The fourth-order valence-electron chi connectivity index (χ4n) is 3.39. The topological polar surface area (TPSA) is 119 Å². The predicted octanol–water partition coefficient (Wildman–Crippen LogP) is 2.69. The zero-order chi connectivity index (χ0) is 24.2.